The van der Waals surface area contributed by atoms with Gasteiger partial charge in [-0.15, -0.1) is 5.10 Å². The van der Waals surface area contributed by atoms with Crippen LogP contribution in [-0.2, 0) is 0 Å². The lowest BCUT2D eigenvalue weighted by Gasteiger charge is -2.06. The van der Waals surface area contributed by atoms with Crippen molar-refractivity contribution in [2.24, 2.45) is 0 Å². The second-order valence-corrected chi connectivity index (χ2v) is 7.15. The summed E-state index contributed by atoms with van der Waals surface area (Å²) in [6.07, 6.45) is 2.55. The molecule has 0 aliphatic rings. The molecule has 1 N–H and O–H groups in total. The normalized spacial score (nSPS) is 10.8. The Morgan fingerprint density at radius 3 is 2.53 bits per heavy atom. The molecule has 5 aromatic rings. The first-order chi connectivity index (χ1) is 15.7. The lowest BCUT2D eigenvalue weighted by atomic mass is 10.1. The molecular weight excluding hydrogens is 402 g/mol. The van der Waals surface area contributed by atoms with Gasteiger partial charge in [-0.25, -0.2) is 4.52 Å². The molecule has 0 aliphatic heterocycles. The van der Waals surface area contributed by atoms with Gasteiger partial charge in [0.25, 0.3) is 0 Å². The van der Waals surface area contributed by atoms with E-state index in [0.717, 1.165) is 45.9 Å². The molecule has 32 heavy (non-hydrogen) atoms. The molecule has 0 aliphatic carbocycles. The fourth-order valence-corrected chi connectivity index (χ4v) is 3.48. The van der Waals surface area contributed by atoms with Crippen LogP contribution in [0, 0.1) is 0 Å². The summed E-state index contributed by atoms with van der Waals surface area (Å²) in [6.45, 7) is 0. The summed E-state index contributed by atoms with van der Waals surface area (Å²) in [7, 11) is 1.65. The second-order valence-electron chi connectivity index (χ2n) is 7.15. The molecule has 0 spiro atoms. The predicted octanol–water partition coefficient (Wildman–Crippen LogP) is 5.02. The number of benzene rings is 2. The van der Waals surface area contributed by atoms with Crippen LogP contribution in [0.2, 0.25) is 0 Å². The standard InChI is InChI=1S/C25H19N5O2/c1-32-21-11-8-18(9-12-21)23-6-3-7-24-28-25(29-30(23)24)27-20-10-13-22(26-15-20)19-5-2-4-17(14-19)16-31/h2-16H,1H3,(H,27,29). The van der Waals surface area contributed by atoms with Crippen molar-refractivity contribution in [3.63, 3.8) is 0 Å². The molecule has 0 saturated heterocycles. The molecule has 0 fully saturated rings. The number of ether oxygens (including phenoxy) is 1. The SMILES string of the molecule is COc1ccc(-c2cccc3nc(Nc4ccc(-c5cccc(C=O)c5)nc4)nn23)cc1. The van der Waals surface area contributed by atoms with E-state index in [1.807, 2.05) is 72.8 Å². The lowest BCUT2D eigenvalue weighted by Crippen LogP contribution is -1.96. The number of carbonyl (C=O) groups is 1. The zero-order valence-electron chi connectivity index (χ0n) is 17.3. The highest BCUT2D eigenvalue weighted by Crippen LogP contribution is 2.25. The number of hydrogen-bond acceptors (Lipinski definition) is 6. The minimum atomic E-state index is 0.475. The van der Waals surface area contributed by atoms with Crippen molar-refractivity contribution < 1.29 is 9.53 Å². The number of hydrogen-bond donors (Lipinski definition) is 1. The van der Waals surface area contributed by atoms with Gasteiger partial charge in [-0.1, -0.05) is 24.3 Å². The minimum Gasteiger partial charge on any atom is -0.497 e. The molecule has 0 bridgehead atoms. The first-order valence-corrected chi connectivity index (χ1v) is 10.0. The number of rotatable bonds is 6. The highest BCUT2D eigenvalue weighted by molar-refractivity contribution is 5.78. The van der Waals surface area contributed by atoms with E-state index in [4.69, 9.17) is 4.74 Å². The van der Waals surface area contributed by atoms with Crippen molar-refractivity contribution in [1.29, 1.82) is 0 Å². The third-order valence-corrected chi connectivity index (χ3v) is 5.08. The summed E-state index contributed by atoms with van der Waals surface area (Å²) in [5.74, 6) is 1.28. The first kappa shape index (κ1) is 19.4. The summed E-state index contributed by atoms with van der Waals surface area (Å²) in [5.41, 5.74) is 5.72. The van der Waals surface area contributed by atoms with E-state index in [1.54, 1.807) is 23.9 Å². The van der Waals surface area contributed by atoms with Crippen LogP contribution in [0.15, 0.2) is 85.1 Å². The molecule has 7 nitrogen and oxygen atoms in total. The van der Waals surface area contributed by atoms with Gasteiger partial charge < -0.3 is 10.1 Å². The maximum atomic E-state index is 11.0. The van der Waals surface area contributed by atoms with Gasteiger partial charge in [-0.2, -0.15) is 4.98 Å². The van der Waals surface area contributed by atoms with Crippen molar-refractivity contribution in [3.8, 4) is 28.3 Å². The smallest absolute Gasteiger partial charge is 0.247 e. The van der Waals surface area contributed by atoms with E-state index in [-0.39, 0.29) is 0 Å². The number of carbonyl (C=O) groups excluding carboxylic acids is 1. The van der Waals surface area contributed by atoms with E-state index in [1.165, 1.54) is 0 Å². The Kier molecular flexibility index (Phi) is 5.05. The summed E-state index contributed by atoms with van der Waals surface area (Å²) in [5, 5.41) is 7.84. The molecule has 3 aromatic heterocycles. The third-order valence-electron chi connectivity index (χ3n) is 5.08. The molecular formula is C25H19N5O2. The van der Waals surface area contributed by atoms with Gasteiger partial charge in [0.2, 0.25) is 5.95 Å². The van der Waals surface area contributed by atoms with Gasteiger partial charge in [0.05, 0.1) is 30.4 Å². The average Bonchev–Trinajstić information content (AvgIpc) is 3.27. The van der Waals surface area contributed by atoms with Crippen molar-refractivity contribution >= 4 is 23.6 Å². The minimum absolute atomic E-state index is 0.475. The topological polar surface area (TPSA) is 81.4 Å². The van der Waals surface area contributed by atoms with Crippen LogP contribution in [0.5, 0.6) is 5.75 Å². The number of pyridine rings is 2. The Labute approximate surface area is 184 Å². The molecule has 0 atom stereocenters. The number of aromatic nitrogens is 4. The Bertz CT molecular complexity index is 1390. The largest absolute Gasteiger partial charge is 0.497 e. The number of fused-ring (bicyclic) bond motifs is 1. The van der Waals surface area contributed by atoms with Gasteiger partial charge in [0, 0.05) is 16.7 Å². The maximum absolute atomic E-state index is 11.0. The summed E-state index contributed by atoms with van der Waals surface area (Å²) in [6, 6.07) is 24.8. The van der Waals surface area contributed by atoms with Gasteiger partial charge in [0.15, 0.2) is 5.65 Å². The van der Waals surface area contributed by atoms with Crippen LogP contribution >= 0.6 is 0 Å². The number of nitrogens with one attached hydrogen (secondary N) is 1. The Balaban J connectivity index is 1.41. The Hall–Kier alpha value is -4.52. The van der Waals surface area contributed by atoms with Crippen LogP contribution in [0.4, 0.5) is 11.6 Å². The second kappa shape index (κ2) is 8.31. The molecule has 0 amide bonds. The number of nitrogens with zero attached hydrogens (tertiary/aromatic N) is 4. The molecule has 5 rings (SSSR count). The predicted molar refractivity (Wildman–Crippen MR) is 123 cm³/mol. The van der Waals surface area contributed by atoms with Gasteiger partial charge in [0.1, 0.15) is 12.0 Å². The van der Waals surface area contributed by atoms with E-state index in [2.05, 4.69) is 20.4 Å². The summed E-state index contributed by atoms with van der Waals surface area (Å²) in [4.78, 5) is 20.1. The van der Waals surface area contributed by atoms with Gasteiger partial charge in [-0.3, -0.25) is 9.78 Å². The highest BCUT2D eigenvalue weighted by atomic mass is 16.5. The molecule has 3 heterocycles. The van der Waals surface area contributed by atoms with E-state index >= 15 is 0 Å². The number of aldehydes is 1. The molecule has 0 unspecified atom stereocenters. The maximum Gasteiger partial charge on any atom is 0.247 e. The number of anilines is 2. The average molecular weight is 421 g/mol. The van der Waals surface area contributed by atoms with Crippen molar-refractivity contribution in [2.45, 2.75) is 0 Å². The Morgan fingerprint density at radius 2 is 1.78 bits per heavy atom. The van der Waals surface area contributed by atoms with Crippen molar-refractivity contribution in [1.82, 2.24) is 19.6 Å². The van der Waals surface area contributed by atoms with Gasteiger partial charge >= 0.3 is 0 Å². The first-order valence-electron chi connectivity index (χ1n) is 10.0. The van der Waals surface area contributed by atoms with E-state index in [0.29, 0.717) is 11.5 Å². The molecule has 7 heteroatoms. The van der Waals surface area contributed by atoms with Crippen LogP contribution in [-0.4, -0.2) is 33.0 Å². The monoisotopic (exact) mass is 421 g/mol. The molecule has 156 valence electrons. The van der Waals surface area contributed by atoms with Crippen LogP contribution in [0.25, 0.3) is 28.2 Å². The summed E-state index contributed by atoms with van der Waals surface area (Å²) < 4.78 is 7.05. The fourth-order valence-electron chi connectivity index (χ4n) is 3.48. The molecule has 0 radical (unpaired) electrons. The molecule has 2 aromatic carbocycles. The van der Waals surface area contributed by atoms with Crippen molar-refractivity contribution in [3.05, 3.63) is 90.6 Å². The number of methoxy groups -OCH3 is 1. The van der Waals surface area contributed by atoms with E-state index in [9.17, 15) is 4.79 Å². The Morgan fingerprint density at radius 1 is 0.938 bits per heavy atom. The molecule has 0 saturated carbocycles. The lowest BCUT2D eigenvalue weighted by molar-refractivity contribution is 0.112. The van der Waals surface area contributed by atoms with Crippen LogP contribution < -0.4 is 10.1 Å². The fraction of sp³-hybridized carbons (Fsp3) is 0.0400. The quantitative estimate of drug-likeness (QED) is 0.388. The zero-order valence-corrected chi connectivity index (χ0v) is 17.3. The summed E-state index contributed by atoms with van der Waals surface area (Å²) >= 11 is 0. The highest BCUT2D eigenvalue weighted by Gasteiger charge is 2.10. The van der Waals surface area contributed by atoms with E-state index < -0.39 is 0 Å². The van der Waals surface area contributed by atoms with Crippen molar-refractivity contribution in [2.75, 3.05) is 12.4 Å². The van der Waals surface area contributed by atoms with Crippen LogP contribution in [0.3, 0.4) is 0 Å². The third kappa shape index (κ3) is 3.79. The van der Waals surface area contributed by atoms with Gasteiger partial charge in [-0.05, 0) is 54.6 Å². The van der Waals surface area contributed by atoms with Crippen LogP contribution in [0.1, 0.15) is 10.4 Å². The zero-order chi connectivity index (χ0) is 21.9.